The lowest BCUT2D eigenvalue weighted by Crippen LogP contribution is -2.25. The molecule has 1 aromatic carbocycles. The van der Waals surface area contributed by atoms with Crippen molar-refractivity contribution in [2.75, 3.05) is 12.3 Å². The van der Waals surface area contributed by atoms with E-state index in [2.05, 4.69) is 12.2 Å². The first-order valence-corrected chi connectivity index (χ1v) is 7.95. The fourth-order valence-electron chi connectivity index (χ4n) is 2.21. The average Bonchev–Trinajstić information content (AvgIpc) is 2.46. The number of hydrogen-bond acceptors (Lipinski definition) is 2. The summed E-state index contributed by atoms with van der Waals surface area (Å²) >= 11 is 0. The molecular weight excluding hydrogens is 260 g/mol. The fourth-order valence-corrected chi connectivity index (χ4v) is 2.21. The first-order valence-electron chi connectivity index (χ1n) is 7.95. The maximum absolute atomic E-state index is 12.0. The predicted molar refractivity (Wildman–Crippen MR) is 90.9 cm³/mol. The number of nitrogens with one attached hydrogen (secondary N) is 1. The smallest absolute Gasteiger partial charge is 0.246 e. The normalized spacial score (nSPS) is 11.4. The van der Waals surface area contributed by atoms with Crippen LogP contribution in [-0.2, 0) is 4.79 Å². The molecule has 21 heavy (non-hydrogen) atoms. The van der Waals surface area contributed by atoms with Crippen LogP contribution in [0.2, 0.25) is 0 Å². The number of carbonyl (C=O) groups excluding carboxylic acids is 1. The molecule has 0 aromatic heterocycles. The van der Waals surface area contributed by atoms with Gasteiger partial charge in [0, 0.05) is 17.8 Å². The molecule has 0 bridgehead atoms. The van der Waals surface area contributed by atoms with Crippen LogP contribution in [0.15, 0.2) is 29.8 Å². The van der Waals surface area contributed by atoms with Crippen LogP contribution in [0.1, 0.15) is 57.9 Å². The number of hydrogen-bond donors (Lipinski definition) is 2. The van der Waals surface area contributed by atoms with Gasteiger partial charge in [0.1, 0.15) is 0 Å². The molecule has 0 aliphatic heterocycles. The van der Waals surface area contributed by atoms with Gasteiger partial charge in [-0.3, -0.25) is 4.79 Å². The van der Waals surface area contributed by atoms with E-state index in [1.54, 1.807) is 0 Å². The van der Waals surface area contributed by atoms with Crippen LogP contribution in [0, 0.1) is 0 Å². The number of unbranched alkanes of at least 4 members (excludes halogenated alkanes) is 5. The molecule has 1 aromatic rings. The molecule has 0 spiro atoms. The molecule has 0 heterocycles. The number of carbonyl (C=O) groups is 1. The Labute approximate surface area is 128 Å². The Balaban J connectivity index is 2.28. The number of benzene rings is 1. The molecule has 116 valence electrons. The molecule has 0 fully saturated rings. The van der Waals surface area contributed by atoms with Crippen molar-refractivity contribution in [1.82, 2.24) is 5.32 Å². The zero-order valence-corrected chi connectivity index (χ0v) is 13.3. The largest absolute Gasteiger partial charge is 0.399 e. The van der Waals surface area contributed by atoms with E-state index >= 15 is 0 Å². The Hall–Kier alpha value is -1.77. The second-order valence-electron chi connectivity index (χ2n) is 5.52. The third-order valence-corrected chi connectivity index (χ3v) is 3.47. The number of nitrogens with two attached hydrogens (primary N) is 1. The van der Waals surface area contributed by atoms with Crippen molar-refractivity contribution in [2.45, 2.75) is 52.4 Å². The molecular formula is C18H28N2O. The third-order valence-electron chi connectivity index (χ3n) is 3.47. The fraction of sp³-hybridized carbons (Fsp3) is 0.500. The van der Waals surface area contributed by atoms with Crippen molar-refractivity contribution in [3.8, 4) is 0 Å². The van der Waals surface area contributed by atoms with Crippen molar-refractivity contribution in [1.29, 1.82) is 0 Å². The van der Waals surface area contributed by atoms with Crippen molar-refractivity contribution >= 4 is 17.7 Å². The topological polar surface area (TPSA) is 55.1 Å². The third kappa shape index (κ3) is 7.54. The van der Waals surface area contributed by atoms with Crippen LogP contribution < -0.4 is 11.1 Å². The molecule has 0 radical (unpaired) electrons. The lowest BCUT2D eigenvalue weighted by molar-refractivity contribution is -0.117. The summed E-state index contributed by atoms with van der Waals surface area (Å²) in [7, 11) is 0. The number of rotatable bonds is 9. The minimum Gasteiger partial charge on any atom is -0.399 e. The van der Waals surface area contributed by atoms with E-state index in [1.807, 2.05) is 37.3 Å². The molecule has 3 nitrogen and oxygen atoms in total. The van der Waals surface area contributed by atoms with Gasteiger partial charge in [0.05, 0.1) is 0 Å². The Bertz CT molecular complexity index is 466. The number of amides is 1. The molecule has 0 saturated carbocycles. The van der Waals surface area contributed by atoms with Gasteiger partial charge >= 0.3 is 0 Å². The summed E-state index contributed by atoms with van der Waals surface area (Å²) in [6, 6.07) is 7.54. The first kappa shape index (κ1) is 17.3. The predicted octanol–water partition coefficient (Wildman–Crippen LogP) is 4.15. The standard InChI is InChI=1S/C18H28N2O/c1-3-4-5-6-7-8-12-20-18(21)15(2)13-16-10-9-11-17(19)14-16/h9-11,13-14H,3-8,12,19H2,1-2H3,(H,20,21)/b15-13+. The van der Waals surface area contributed by atoms with E-state index in [-0.39, 0.29) is 5.91 Å². The highest BCUT2D eigenvalue weighted by molar-refractivity contribution is 5.97. The van der Waals surface area contributed by atoms with E-state index in [1.165, 1.54) is 32.1 Å². The molecule has 1 amide bonds. The van der Waals surface area contributed by atoms with Crippen molar-refractivity contribution in [3.05, 3.63) is 35.4 Å². The highest BCUT2D eigenvalue weighted by Gasteiger charge is 2.03. The zero-order chi connectivity index (χ0) is 15.5. The van der Waals surface area contributed by atoms with Gasteiger partial charge in [0.15, 0.2) is 0 Å². The van der Waals surface area contributed by atoms with E-state index in [0.29, 0.717) is 11.3 Å². The molecule has 3 heteroatoms. The Kier molecular flexibility index (Phi) is 8.25. The van der Waals surface area contributed by atoms with Gasteiger partial charge in [-0.1, -0.05) is 51.2 Å². The molecule has 0 atom stereocenters. The van der Waals surface area contributed by atoms with Crippen LogP contribution in [0.4, 0.5) is 5.69 Å². The summed E-state index contributed by atoms with van der Waals surface area (Å²) in [5, 5.41) is 2.97. The van der Waals surface area contributed by atoms with E-state index in [9.17, 15) is 4.79 Å². The number of nitrogen functional groups attached to an aromatic ring is 1. The van der Waals surface area contributed by atoms with E-state index in [4.69, 9.17) is 5.73 Å². The summed E-state index contributed by atoms with van der Waals surface area (Å²) in [6.45, 7) is 4.81. The minimum atomic E-state index is 0.00554. The molecule has 0 unspecified atom stereocenters. The Morgan fingerprint density at radius 3 is 2.62 bits per heavy atom. The maximum atomic E-state index is 12.0. The molecule has 0 saturated heterocycles. The van der Waals surface area contributed by atoms with E-state index < -0.39 is 0 Å². The molecule has 3 N–H and O–H groups in total. The quantitative estimate of drug-likeness (QED) is 0.407. The van der Waals surface area contributed by atoms with Crippen LogP contribution in [0.25, 0.3) is 6.08 Å². The summed E-state index contributed by atoms with van der Waals surface area (Å²) in [6.07, 6.45) is 9.27. The summed E-state index contributed by atoms with van der Waals surface area (Å²) in [4.78, 5) is 12.0. The molecule has 1 rings (SSSR count). The second-order valence-corrected chi connectivity index (χ2v) is 5.52. The van der Waals surface area contributed by atoms with Gasteiger partial charge in [0.2, 0.25) is 5.91 Å². The summed E-state index contributed by atoms with van der Waals surface area (Å²) in [5.74, 6) is 0.00554. The van der Waals surface area contributed by atoms with Crippen molar-refractivity contribution in [3.63, 3.8) is 0 Å². The van der Waals surface area contributed by atoms with E-state index in [0.717, 1.165) is 18.5 Å². The molecule has 0 aliphatic carbocycles. The molecule has 0 aliphatic rings. The average molecular weight is 288 g/mol. The van der Waals surface area contributed by atoms with Crippen LogP contribution in [-0.4, -0.2) is 12.5 Å². The Morgan fingerprint density at radius 1 is 1.19 bits per heavy atom. The Morgan fingerprint density at radius 2 is 1.90 bits per heavy atom. The van der Waals surface area contributed by atoms with Gasteiger partial charge < -0.3 is 11.1 Å². The lowest BCUT2D eigenvalue weighted by atomic mass is 10.1. The highest BCUT2D eigenvalue weighted by Crippen LogP contribution is 2.11. The van der Waals surface area contributed by atoms with Crippen LogP contribution >= 0.6 is 0 Å². The summed E-state index contributed by atoms with van der Waals surface area (Å²) in [5.41, 5.74) is 8.12. The van der Waals surface area contributed by atoms with Gasteiger partial charge in [-0.2, -0.15) is 0 Å². The highest BCUT2D eigenvalue weighted by atomic mass is 16.1. The summed E-state index contributed by atoms with van der Waals surface area (Å²) < 4.78 is 0. The van der Waals surface area contributed by atoms with Gasteiger partial charge in [-0.15, -0.1) is 0 Å². The van der Waals surface area contributed by atoms with Gasteiger partial charge in [-0.05, 0) is 37.1 Å². The minimum absolute atomic E-state index is 0.00554. The van der Waals surface area contributed by atoms with Crippen molar-refractivity contribution < 1.29 is 4.79 Å². The van der Waals surface area contributed by atoms with Crippen molar-refractivity contribution in [2.24, 2.45) is 0 Å². The zero-order valence-electron chi connectivity index (χ0n) is 13.3. The van der Waals surface area contributed by atoms with Gasteiger partial charge in [0.25, 0.3) is 0 Å². The monoisotopic (exact) mass is 288 g/mol. The number of anilines is 1. The maximum Gasteiger partial charge on any atom is 0.246 e. The van der Waals surface area contributed by atoms with Crippen LogP contribution in [0.5, 0.6) is 0 Å². The van der Waals surface area contributed by atoms with Gasteiger partial charge in [-0.25, -0.2) is 0 Å². The SMILES string of the molecule is CCCCCCCCNC(=O)/C(C)=C/c1cccc(N)c1. The van der Waals surface area contributed by atoms with Crippen LogP contribution in [0.3, 0.4) is 0 Å². The first-order chi connectivity index (χ1) is 10.1. The second kappa shape index (κ2) is 10.0. The lowest BCUT2D eigenvalue weighted by Gasteiger charge is -2.06.